The summed E-state index contributed by atoms with van der Waals surface area (Å²) in [6, 6.07) is 8.87. The Hall–Kier alpha value is -2.65. The second-order valence-corrected chi connectivity index (χ2v) is 7.31. The molecule has 1 aliphatic heterocycles. The van der Waals surface area contributed by atoms with Crippen LogP contribution in [0.25, 0.3) is 0 Å². The largest absolute Gasteiger partial charge is 0.376 e. The lowest BCUT2D eigenvalue weighted by Crippen LogP contribution is -2.33. The number of carbonyl (C=O) groups excluding carboxylic acids is 2. The SMILES string of the molecule is Cn1c(SCC(=O)NCC2CCCO2)ncc(C(=O)Nc2ccccc2)c1=O. The average molecular weight is 402 g/mol. The molecule has 1 unspecified atom stereocenters. The minimum atomic E-state index is -0.523. The van der Waals surface area contributed by atoms with Gasteiger partial charge in [0.1, 0.15) is 5.56 Å². The van der Waals surface area contributed by atoms with Crippen LogP contribution in [0.3, 0.4) is 0 Å². The van der Waals surface area contributed by atoms with Crippen molar-refractivity contribution in [1.82, 2.24) is 14.9 Å². The maximum Gasteiger partial charge on any atom is 0.266 e. The van der Waals surface area contributed by atoms with Gasteiger partial charge < -0.3 is 15.4 Å². The number of anilines is 1. The van der Waals surface area contributed by atoms with Gasteiger partial charge in [-0.3, -0.25) is 19.0 Å². The molecule has 1 aromatic carbocycles. The third kappa shape index (κ3) is 5.20. The smallest absolute Gasteiger partial charge is 0.266 e. The van der Waals surface area contributed by atoms with E-state index in [1.807, 2.05) is 6.07 Å². The molecule has 2 N–H and O–H groups in total. The third-order valence-corrected chi connectivity index (χ3v) is 5.33. The summed E-state index contributed by atoms with van der Waals surface area (Å²) in [5, 5.41) is 5.86. The number of hydrogen-bond acceptors (Lipinski definition) is 6. The minimum absolute atomic E-state index is 0.0569. The molecule has 0 spiro atoms. The number of para-hydroxylation sites is 1. The first-order valence-electron chi connectivity index (χ1n) is 8.98. The second kappa shape index (κ2) is 9.52. The molecule has 1 aliphatic rings. The summed E-state index contributed by atoms with van der Waals surface area (Å²) in [6.45, 7) is 1.23. The highest BCUT2D eigenvalue weighted by molar-refractivity contribution is 7.99. The Kier molecular flexibility index (Phi) is 6.83. The summed E-state index contributed by atoms with van der Waals surface area (Å²) in [7, 11) is 1.53. The number of nitrogens with zero attached hydrogens (tertiary/aromatic N) is 2. The van der Waals surface area contributed by atoms with Crippen LogP contribution in [-0.4, -0.2) is 46.4 Å². The molecule has 8 nitrogen and oxygen atoms in total. The highest BCUT2D eigenvalue weighted by Gasteiger charge is 2.18. The normalized spacial score (nSPS) is 16.0. The van der Waals surface area contributed by atoms with E-state index in [2.05, 4.69) is 15.6 Å². The van der Waals surface area contributed by atoms with Gasteiger partial charge in [-0.2, -0.15) is 0 Å². The number of rotatable bonds is 7. The fraction of sp³-hybridized carbons (Fsp3) is 0.368. The fourth-order valence-corrected chi connectivity index (χ4v) is 3.52. The van der Waals surface area contributed by atoms with Crippen molar-refractivity contribution >= 4 is 29.3 Å². The molecule has 0 aliphatic carbocycles. The zero-order valence-corrected chi connectivity index (χ0v) is 16.3. The number of hydrogen-bond donors (Lipinski definition) is 2. The first-order valence-corrected chi connectivity index (χ1v) is 9.96. The molecule has 1 fully saturated rings. The van der Waals surface area contributed by atoms with E-state index >= 15 is 0 Å². The van der Waals surface area contributed by atoms with Gasteiger partial charge in [-0.1, -0.05) is 30.0 Å². The van der Waals surface area contributed by atoms with Crippen LogP contribution in [0.15, 0.2) is 46.5 Å². The Morgan fingerprint density at radius 3 is 2.82 bits per heavy atom. The average Bonchev–Trinajstić information content (AvgIpc) is 3.22. The number of benzene rings is 1. The summed E-state index contributed by atoms with van der Waals surface area (Å²) in [6.07, 6.45) is 3.30. The van der Waals surface area contributed by atoms with Crippen molar-refractivity contribution in [3.05, 3.63) is 52.4 Å². The van der Waals surface area contributed by atoms with E-state index in [1.165, 1.54) is 17.8 Å². The van der Waals surface area contributed by atoms with Crippen molar-refractivity contribution in [2.45, 2.75) is 24.1 Å². The molecule has 3 rings (SSSR count). The number of aromatic nitrogens is 2. The van der Waals surface area contributed by atoms with Crippen LogP contribution in [0.5, 0.6) is 0 Å². The summed E-state index contributed by atoms with van der Waals surface area (Å²) >= 11 is 1.14. The monoisotopic (exact) mass is 402 g/mol. The van der Waals surface area contributed by atoms with Crippen molar-refractivity contribution in [3.63, 3.8) is 0 Å². The molecule has 28 heavy (non-hydrogen) atoms. The molecule has 2 amide bonds. The summed E-state index contributed by atoms with van der Waals surface area (Å²) in [5.41, 5.74) is 0.0696. The maximum atomic E-state index is 12.5. The second-order valence-electron chi connectivity index (χ2n) is 6.37. The summed E-state index contributed by atoms with van der Waals surface area (Å²) < 4.78 is 6.74. The predicted octanol–water partition coefficient (Wildman–Crippen LogP) is 1.42. The first-order chi connectivity index (χ1) is 13.5. The van der Waals surface area contributed by atoms with Crippen molar-refractivity contribution in [2.75, 3.05) is 24.2 Å². The Morgan fingerprint density at radius 2 is 2.11 bits per heavy atom. The van der Waals surface area contributed by atoms with E-state index < -0.39 is 11.5 Å². The van der Waals surface area contributed by atoms with Crippen LogP contribution in [-0.2, 0) is 16.6 Å². The van der Waals surface area contributed by atoms with Crippen molar-refractivity contribution in [1.29, 1.82) is 0 Å². The van der Waals surface area contributed by atoms with E-state index in [1.54, 1.807) is 24.3 Å². The number of nitrogens with one attached hydrogen (secondary N) is 2. The fourth-order valence-electron chi connectivity index (χ4n) is 2.75. The highest BCUT2D eigenvalue weighted by Crippen LogP contribution is 2.14. The molecule has 0 radical (unpaired) electrons. The van der Waals surface area contributed by atoms with Crippen LogP contribution in [0.1, 0.15) is 23.2 Å². The maximum absolute atomic E-state index is 12.5. The molecule has 0 saturated carbocycles. The quantitative estimate of drug-likeness (QED) is 0.536. The van der Waals surface area contributed by atoms with Gasteiger partial charge in [-0.15, -0.1) is 0 Å². The van der Waals surface area contributed by atoms with Crippen LogP contribution in [0, 0.1) is 0 Å². The minimum Gasteiger partial charge on any atom is -0.376 e. The van der Waals surface area contributed by atoms with Gasteiger partial charge in [0.25, 0.3) is 11.5 Å². The van der Waals surface area contributed by atoms with Crippen molar-refractivity contribution < 1.29 is 14.3 Å². The molecular weight excluding hydrogens is 380 g/mol. The lowest BCUT2D eigenvalue weighted by atomic mass is 10.2. The van der Waals surface area contributed by atoms with Gasteiger partial charge >= 0.3 is 0 Å². The number of ether oxygens (including phenoxy) is 1. The molecule has 1 saturated heterocycles. The van der Waals surface area contributed by atoms with Crippen LogP contribution < -0.4 is 16.2 Å². The first kappa shape index (κ1) is 20.1. The lowest BCUT2D eigenvalue weighted by Gasteiger charge is -2.11. The molecule has 148 valence electrons. The van der Waals surface area contributed by atoms with Gasteiger partial charge in [0, 0.05) is 32.1 Å². The Morgan fingerprint density at radius 1 is 1.32 bits per heavy atom. The van der Waals surface area contributed by atoms with Gasteiger partial charge in [0.2, 0.25) is 5.91 Å². The van der Waals surface area contributed by atoms with E-state index in [0.717, 1.165) is 31.2 Å². The van der Waals surface area contributed by atoms with Gasteiger partial charge in [-0.05, 0) is 25.0 Å². The van der Waals surface area contributed by atoms with E-state index in [0.29, 0.717) is 17.4 Å². The van der Waals surface area contributed by atoms with Gasteiger partial charge in [0.15, 0.2) is 5.16 Å². The topological polar surface area (TPSA) is 102 Å². The number of thioether (sulfide) groups is 1. The Balaban J connectivity index is 1.57. The molecule has 1 atom stereocenters. The Labute approximate surface area is 166 Å². The number of carbonyl (C=O) groups is 2. The molecule has 2 heterocycles. The lowest BCUT2D eigenvalue weighted by molar-refractivity contribution is -0.119. The van der Waals surface area contributed by atoms with Crippen LogP contribution in [0.4, 0.5) is 5.69 Å². The molecular formula is C19H22N4O4S. The predicted molar refractivity (Wildman–Crippen MR) is 107 cm³/mol. The van der Waals surface area contributed by atoms with Crippen molar-refractivity contribution in [2.24, 2.45) is 7.05 Å². The van der Waals surface area contributed by atoms with Crippen LogP contribution >= 0.6 is 11.8 Å². The van der Waals surface area contributed by atoms with E-state index in [-0.39, 0.29) is 23.3 Å². The van der Waals surface area contributed by atoms with Crippen molar-refractivity contribution in [3.8, 4) is 0 Å². The highest BCUT2D eigenvalue weighted by atomic mass is 32.2. The Bertz CT molecular complexity index is 895. The van der Waals surface area contributed by atoms with Crippen LogP contribution in [0.2, 0.25) is 0 Å². The zero-order valence-electron chi connectivity index (χ0n) is 15.5. The van der Waals surface area contributed by atoms with E-state index in [9.17, 15) is 14.4 Å². The molecule has 9 heteroatoms. The third-order valence-electron chi connectivity index (χ3n) is 4.29. The summed E-state index contributed by atoms with van der Waals surface area (Å²) in [5.74, 6) is -0.548. The molecule has 2 aromatic rings. The summed E-state index contributed by atoms with van der Waals surface area (Å²) in [4.78, 5) is 41.0. The molecule has 1 aromatic heterocycles. The standard InChI is InChI=1S/C19H22N4O4S/c1-23-18(26)15(17(25)22-13-6-3-2-4-7-13)11-21-19(23)28-12-16(24)20-10-14-8-5-9-27-14/h2-4,6-7,11,14H,5,8-10,12H2,1H3,(H,20,24)(H,22,25). The van der Waals surface area contributed by atoms with E-state index in [4.69, 9.17) is 4.74 Å². The van der Waals surface area contributed by atoms with Gasteiger partial charge in [-0.25, -0.2) is 4.98 Å². The zero-order chi connectivity index (χ0) is 19.9. The molecule has 0 bridgehead atoms. The number of amides is 2. The van der Waals surface area contributed by atoms with Gasteiger partial charge in [0.05, 0.1) is 11.9 Å².